The molecule has 5 heteroatoms. The number of unbranched alkanes of at least 4 members (excludes halogenated alkanes) is 1. The topological polar surface area (TPSA) is 37.4 Å². The molecule has 0 bridgehead atoms. The fourth-order valence-electron chi connectivity index (χ4n) is 2.43. The van der Waals surface area contributed by atoms with Crippen LogP contribution in [0.5, 0.6) is 0 Å². The molecule has 1 aliphatic rings. The van der Waals surface area contributed by atoms with Gasteiger partial charge in [-0.3, -0.25) is 0 Å². The normalized spacial score (nSPS) is 28.2. The Kier molecular flexibility index (Phi) is 5.54. The number of hydrogen-bond acceptors (Lipinski definition) is 2. The number of rotatable bonds is 5. The van der Waals surface area contributed by atoms with Gasteiger partial charge >= 0.3 is 0 Å². The van der Waals surface area contributed by atoms with Gasteiger partial charge in [0, 0.05) is 18.0 Å². The van der Waals surface area contributed by atoms with Crippen molar-refractivity contribution in [2.75, 3.05) is 11.6 Å². The number of hydrogen-bond donors (Lipinski definition) is 0. The van der Waals surface area contributed by atoms with E-state index in [1.165, 1.54) is 0 Å². The molecule has 0 aromatic rings. The van der Waals surface area contributed by atoms with Gasteiger partial charge in [-0.05, 0) is 39.5 Å². The van der Waals surface area contributed by atoms with Gasteiger partial charge in [0.15, 0.2) is 0 Å². The number of halogens is 1. The zero-order valence-corrected chi connectivity index (χ0v) is 11.7. The molecule has 1 rings (SSSR count). The van der Waals surface area contributed by atoms with Crippen LogP contribution in [0, 0.1) is 0 Å². The van der Waals surface area contributed by atoms with E-state index < -0.39 is 10.0 Å². The van der Waals surface area contributed by atoms with E-state index in [0.29, 0.717) is 12.3 Å². The Labute approximate surface area is 104 Å². The molecule has 0 aromatic carbocycles. The van der Waals surface area contributed by atoms with E-state index in [4.69, 9.17) is 11.6 Å². The Morgan fingerprint density at radius 2 is 1.75 bits per heavy atom. The van der Waals surface area contributed by atoms with Gasteiger partial charge in [-0.2, -0.15) is 4.31 Å². The molecule has 0 unspecified atom stereocenters. The maximum absolute atomic E-state index is 12.2. The van der Waals surface area contributed by atoms with Crippen LogP contribution in [0.3, 0.4) is 0 Å². The molecule has 1 heterocycles. The van der Waals surface area contributed by atoms with Crippen LogP contribution in [0.15, 0.2) is 0 Å². The lowest BCUT2D eigenvalue weighted by Crippen LogP contribution is -2.48. The Morgan fingerprint density at radius 3 is 2.25 bits per heavy atom. The quantitative estimate of drug-likeness (QED) is 0.567. The molecule has 1 saturated heterocycles. The Morgan fingerprint density at radius 1 is 1.19 bits per heavy atom. The molecule has 2 atom stereocenters. The lowest BCUT2D eigenvalue weighted by atomic mass is 10.0. The van der Waals surface area contributed by atoms with E-state index in [-0.39, 0.29) is 17.8 Å². The minimum absolute atomic E-state index is 0.157. The molecule has 0 aromatic heterocycles. The Balaban J connectivity index is 2.64. The number of piperidine rings is 1. The summed E-state index contributed by atoms with van der Waals surface area (Å²) in [6.45, 7) is 4.02. The van der Waals surface area contributed by atoms with Crippen molar-refractivity contribution in [3.8, 4) is 0 Å². The zero-order chi connectivity index (χ0) is 12.2. The van der Waals surface area contributed by atoms with Crippen molar-refractivity contribution in [1.82, 2.24) is 4.31 Å². The predicted octanol–water partition coefficient (Wildman–Crippen LogP) is 2.60. The van der Waals surface area contributed by atoms with E-state index in [1.807, 2.05) is 13.8 Å². The molecular formula is C11H22ClNO2S. The summed E-state index contributed by atoms with van der Waals surface area (Å²) in [5.74, 6) is 0.787. The molecule has 16 heavy (non-hydrogen) atoms. The van der Waals surface area contributed by atoms with Gasteiger partial charge in [0.25, 0.3) is 0 Å². The van der Waals surface area contributed by atoms with E-state index in [1.54, 1.807) is 4.31 Å². The molecule has 0 radical (unpaired) electrons. The maximum atomic E-state index is 12.2. The van der Waals surface area contributed by atoms with Crippen LogP contribution in [0.2, 0.25) is 0 Å². The minimum Gasteiger partial charge on any atom is -0.212 e. The van der Waals surface area contributed by atoms with E-state index in [9.17, 15) is 8.42 Å². The highest BCUT2D eigenvalue weighted by molar-refractivity contribution is 7.89. The van der Waals surface area contributed by atoms with Crippen LogP contribution in [0.4, 0.5) is 0 Å². The first kappa shape index (κ1) is 14.3. The van der Waals surface area contributed by atoms with Crippen LogP contribution >= 0.6 is 11.6 Å². The molecule has 0 amide bonds. The SMILES string of the molecule is C[C@@H]1CCC[C@H](C)N1S(=O)(=O)CCCCCl. The summed E-state index contributed by atoms with van der Waals surface area (Å²) in [5, 5.41) is 0. The monoisotopic (exact) mass is 267 g/mol. The molecule has 1 fully saturated rings. The zero-order valence-electron chi connectivity index (χ0n) is 10.2. The van der Waals surface area contributed by atoms with Gasteiger partial charge < -0.3 is 0 Å². The van der Waals surface area contributed by atoms with Crippen molar-refractivity contribution in [3.05, 3.63) is 0 Å². The van der Waals surface area contributed by atoms with Gasteiger partial charge in [0.2, 0.25) is 10.0 Å². The van der Waals surface area contributed by atoms with Gasteiger partial charge in [-0.1, -0.05) is 6.42 Å². The summed E-state index contributed by atoms with van der Waals surface area (Å²) in [6, 6.07) is 0.314. The van der Waals surface area contributed by atoms with Crippen LogP contribution in [0.1, 0.15) is 46.0 Å². The van der Waals surface area contributed by atoms with Gasteiger partial charge in [-0.25, -0.2) is 8.42 Å². The average molecular weight is 268 g/mol. The Bertz CT molecular complexity index is 295. The fraction of sp³-hybridized carbons (Fsp3) is 1.00. The highest BCUT2D eigenvalue weighted by atomic mass is 35.5. The molecule has 0 N–H and O–H groups in total. The van der Waals surface area contributed by atoms with Crippen LogP contribution in [-0.4, -0.2) is 36.4 Å². The minimum atomic E-state index is -3.08. The summed E-state index contributed by atoms with van der Waals surface area (Å²) in [6.07, 6.45) is 4.55. The fourth-order valence-corrected chi connectivity index (χ4v) is 4.71. The second kappa shape index (κ2) is 6.22. The summed E-state index contributed by atoms with van der Waals surface area (Å²) in [4.78, 5) is 0. The van der Waals surface area contributed by atoms with E-state index in [0.717, 1.165) is 25.7 Å². The highest BCUT2D eigenvalue weighted by Gasteiger charge is 2.33. The van der Waals surface area contributed by atoms with Crippen molar-refractivity contribution < 1.29 is 8.42 Å². The smallest absolute Gasteiger partial charge is 0.212 e. The van der Waals surface area contributed by atoms with Crippen molar-refractivity contribution in [2.45, 2.75) is 58.0 Å². The van der Waals surface area contributed by atoms with Crippen LogP contribution in [-0.2, 0) is 10.0 Å². The first-order chi connectivity index (χ1) is 7.49. The lowest BCUT2D eigenvalue weighted by molar-refractivity contribution is 0.204. The number of alkyl halides is 1. The first-order valence-electron chi connectivity index (χ1n) is 6.06. The predicted molar refractivity (Wildman–Crippen MR) is 68.4 cm³/mol. The lowest BCUT2D eigenvalue weighted by Gasteiger charge is -2.37. The van der Waals surface area contributed by atoms with Gasteiger partial charge in [0.1, 0.15) is 0 Å². The summed E-state index contributed by atoms with van der Waals surface area (Å²) in [5.41, 5.74) is 0. The van der Waals surface area contributed by atoms with Gasteiger partial charge in [-0.15, -0.1) is 11.6 Å². The third kappa shape index (κ3) is 3.60. The van der Waals surface area contributed by atoms with E-state index >= 15 is 0 Å². The van der Waals surface area contributed by atoms with Crippen molar-refractivity contribution in [3.63, 3.8) is 0 Å². The second-order valence-corrected chi connectivity index (χ2v) is 7.04. The average Bonchev–Trinajstić information content (AvgIpc) is 2.17. The van der Waals surface area contributed by atoms with Crippen LogP contribution in [0.25, 0.3) is 0 Å². The van der Waals surface area contributed by atoms with Crippen molar-refractivity contribution >= 4 is 21.6 Å². The molecule has 96 valence electrons. The van der Waals surface area contributed by atoms with Crippen molar-refractivity contribution in [1.29, 1.82) is 0 Å². The van der Waals surface area contributed by atoms with Crippen LogP contribution < -0.4 is 0 Å². The molecule has 0 spiro atoms. The van der Waals surface area contributed by atoms with Gasteiger partial charge in [0.05, 0.1) is 5.75 Å². The standard InChI is InChI=1S/C11H22ClNO2S/c1-10-6-5-7-11(2)13(10)16(14,15)9-4-3-8-12/h10-11H,3-9H2,1-2H3/t10-,11+. The third-order valence-corrected chi connectivity index (χ3v) is 5.65. The second-order valence-electron chi connectivity index (χ2n) is 4.67. The molecule has 1 aliphatic heterocycles. The molecular weight excluding hydrogens is 246 g/mol. The molecule has 0 aliphatic carbocycles. The number of nitrogens with zero attached hydrogens (tertiary/aromatic N) is 1. The molecule has 3 nitrogen and oxygen atoms in total. The summed E-state index contributed by atoms with van der Waals surface area (Å²) < 4.78 is 26.0. The number of sulfonamides is 1. The largest absolute Gasteiger partial charge is 0.214 e. The molecule has 0 saturated carbocycles. The Hall–Kier alpha value is 0.200. The van der Waals surface area contributed by atoms with Crippen molar-refractivity contribution in [2.24, 2.45) is 0 Å². The maximum Gasteiger partial charge on any atom is 0.214 e. The summed E-state index contributed by atoms with van der Waals surface area (Å²) >= 11 is 5.57. The summed E-state index contributed by atoms with van der Waals surface area (Å²) in [7, 11) is -3.08. The first-order valence-corrected chi connectivity index (χ1v) is 8.20. The van der Waals surface area contributed by atoms with E-state index in [2.05, 4.69) is 0 Å². The highest BCUT2D eigenvalue weighted by Crippen LogP contribution is 2.26. The third-order valence-electron chi connectivity index (χ3n) is 3.22.